The molecule has 1 atom stereocenters. The highest BCUT2D eigenvalue weighted by atomic mass is 32.1. The van der Waals surface area contributed by atoms with E-state index in [1.807, 2.05) is 0 Å². The van der Waals surface area contributed by atoms with E-state index in [-0.39, 0.29) is 0 Å². The largest absolute Gasteiger partial charge is 0.292 e. The van der Waals surface area contributed by atoms with E-state index < -0.39 is 4.99 Å². The molecule has 1 aliphatic rings. The third kappa shape index (κ3) is 0.740. The SMILES string of the molecule is CC1=NN=NC1(N)S. The second kappa shape index (κ2) is 1.53. The second-order valence-electron chi connectivity index (χ2n) is 1.60. The quantitative estimate of drug-likeness (QED) is 0.361. The van der Waals surface area contributed by atoms with Gasteiger partial charge in [-0.15, -0.1) is 22.8 Å². The molecule has 44 valence electrons. The van der Waals surface area contributed by atoms with Crippen LogP contribution in [0.2, 0.25) is 0 Å². The molecule has 2 N–H and O–H groups in total. The lowest BCUT2D eigenvalue weighted by Crippen LogP contribution is -2.36. The fraction of sp³-hybridized carbons (Fsp3) is 0.667. The van der Waals surface area contributed by atoms with Crippen molar-refractivity contribution in [2.45, 2.75) is 11.9 Å². The zero-order valence-electron chi connectivity index (χ0n) is 4.37. The second-order valence-corrected chi connectivity index (χ2v) is 2.28. The van der Waals surface area contributed by atoms with Crippen LogP contribution in [0.15, 0.2) is 15.4 Å². The Morgan fingerprint density at radius 1 is 1.75 bits per heavy atom. The first-order chi connectivity index (χ1) is 3.63. The van der Waals surface area contributed by atoms with Gasteiger partial charge in [0.1, 0.15) is 0 Å². The monoisotopic (exact) mass is 130 g/mol. The van der Waals surface area contributed by atoms with Gasteiger partial charge in [-0.3, -0.25) is 5.73 Å². The molecular weight excluding hydrogens is 124 g/mol. The number of hydrogen-bond acceptors (Lipinski definition) is 5. The first-order valence-corrected chi connectivity index (χ1v) is 2.56. The molecule has 0 aromatic heterocycles. The standard InChI is InChI=1S/C3H6N4S/c1-2-3(4,8)6-7-5-2/h8H,4H2,1H3. The Morgan fingerprint density at radius 2 is 2.38 bits per heavy atom. The minimum absolute atomic E-state index is 0.626. The summed E-state index contributed by atoms with van der Waals surface area (Å²) in [5, 5.41) is 10.4. The first-order valence-electron chi connectivity index (χ1n) is 2.11. The van der Waals surface area contributed by atoms with Crippen LogP contribution in [0.3, 0.4) is 0 Å². The van der Waals surface area contributed by atoms with E-state index in [1.165, 1.54) is 0 Å². The van der Waals surface area contributed by atoms with Gasteiger partial charge in [-0.05, 0) is 12.1 Å². The highest BCUT2D eigenvalue weighted by Gasteiger charge is 2.26. The van der Waals surface area contributed by atoms with Crippen molar-refractivity contribution in [2.24, 2.45) is 21.2 Å². The van der Waals surface area contributed by atoms with Crippen molar-refractivity contribution < 1.29 is 0 Å². The van der Waals surface area contributed by atoms with Crippen LogP contribution in [-0.4, -0.2) is 10.7 Å². The maximum Gasteiger partial charge on any atom is 0.215 e. The Balaban J connectivity index is 2.87. The van der Waals surface area contributed by atoms with Crippen LogP contribution >= 0.6 is 12.6 Å². The minimum Gasteiger partial charge on any atom is -0.292 e. The van der Waals surface area contributed by atoms with Gasteiger partial charge < -0.3 is 0 Å². The van der Waals surface area contributed by atoms with Crippen LogP contribution in [0.1, 0.15) is 6.92 Å². The van der Waals surface area contributed by atoms with Crippen molar-refractivity contribution in [1.82, 2.24) is 0 Å². The topological polar surface area (TPSA) is 63.1 Å². The lowest BCUT2D eigenvalue weighted by molar-refractivity contribution is 0.818. The number of hydrogen-bond donors (Lipinski definition) is 2. The summed E-state index contributed by atoms with van der Waals surface area (Å²) in [6, 6.07) is 0. The van der Waals surface area contributed by atoms with Crippen LogP contribution in [0.25, 0.3) is 0 Å². The predicted octanol–water partition coefficient (Wildman–Crippen LogP) is 0.370. The molecule has 1 rings (SSSR count). The Hall–Kier alpha value is -0.420. The van der Waals surface area contributed by atoms with Crippen LogP contribution in [0.5, 0.6) is 0 Å². The van der Waals surface area contributed by atoms with Gasteiger partial charge in [-0.2, -0.15) is 0 Å². The Morgan fingerprint density at radius 3 is 2.50 bits per heavy atom. The fourth-order valence-electron chi connectivity index (χ4n) is 0.304. The van der Waals surface area contributed by atoms with Crippen molar-refractivity contribution in [3.8, 4) is 0 Å². The van der Waals surface area contributed by atoms with E-state index in [0.29, 0.717) is 5.71 Å². The molecule has 0 radical (unpaired) electrons. The molecular formula is C3H6N4S. The maximum absolute atomic E-state index is 5.39. The van der Waals surface area contributed by atoms with Gasteiger partial charge in [-0.1, -0.05) is 0 Å². The number of nitrogens with two attached hydrogens (primary N) is 1. The lowest BCUT2D eigenvalue weighted by atomic mass is 10.3. The summed E-state index contributed by atoms with van der Waals surface area (Å²) in [6.07, 6.45) is 0. The van der Waals surface area contributed by atoms with Gasteiger partial charge in [0.25, 0.3) is 0 Å². The van der Waals surface area contributed by atoms with E-state index in [1.54, 1.807) is 6.92 Å². The highest BCUT2D eigenvalue weighted by molar-refractivity contribution is 7.82. The average molecular weight is 130 g/mol. The van der Waals surface area contributed by atoms with Gasteiger partial charge in [0.15, 0.2) is 0 Å². The Kier molecular flexibility index (Phi) is 1.09. The van der Waals surface area contributed by atoms with Crippen LogP contribution in [-0.2, 0) is 0 Å². The van der Waals surface area contributed by atoms with Gasteiger partial charge in [-0.25, -0.2) is 0 Å². The first kappa shape index (κ1) is 5.71. The van der Waals surface area contributed by atoms with Crippen molar-refractivity contribution in [2.75, 3.05) is 0 Å². The molecule has 1 heterocycles. The molecule has 4 nitrogen and oxygen atoms in total. The summed E-state index contributed by atoms with van der Waals surface area (Å²) >= 11 is 3.93. The molecule has 0 aliphatic carbocycles. The number of thiol groups is 1. The number of rotatable bonds is 0. The van der Waals surface area contributed by atoms with Crippen LogP contribution in [0.4, 0.5) is 0 Å². The van der Waals surface area contributed by atoms with Gasteiger partial charge in [0.2, 0.25) is 4.99 Å². The zero-order valence-corrected chi connectivity index (χ0v) is 5.26. The van der Waals surface area contributed by atoms with E-state index >= 15 is 0 Å². The molecule has 0 saturated heterocycles. The van der Waals surface area contributed by atoms with Crippen molar-refractivity contribution in [1.29, 1.82) is 0 Å². The summed E-state index contributed by atoms with van der Waals surface area (Å²) in [6.45, 7) is 1.73. The van der Waals surface area contributed by atoms with E-state index in [2.05, 4.69) is 28.1 Å². The molecule has 0 aromatic carbocycles. The molecule has 0 amide bonds. The van der Waals surface area contributed by atoms with Crippen molar-refractivity contribution >= 4 is 18.3 Å². The van der Waals surface area contributed by atoms with Crippen molar-refractivity contribution in [3.05, 3.63) is 0 Å². The minimum atomic E-state index is -0.944. The summed E-state index contributed by atoms with van der Waals surface area (Å²) < 4.78 is 0. The third-order valence-electron chi connectivity index (χ3n) is 0.924. The molecule has 0 aromatic rings. The molecule has 0 bridgehead atoms. The van der Waals surface area contributed by atoms with E-state index in [9.17, 15) is 0 Å². The average Bonchev–Trinajstić information content (AvgIpc) is 1.86. The third-order valence-corrected chi connectivity index (χ3v) is 1.34. The van der Waals surface area contributed by atoms with Gasteiger partial charge >= 0.3 is 0 Å². The zero-order chi connectivity index (χ0) is 6.20. The predicted molar refractivity (Wildman–Crippen MR) is 33.9 cm³/mol. The van der Waals surface area contributed by atoms with Crippen molar-refractivity contribution in [3.63, 3.8) is 0 Å². The maximum atomic E-state index is 5.39. The Labute approximate surface area is 52.3 Å². The van der Waals surface area contributed by atoms with Crippen LogP contribution < -0.4 is 5.73 Å². The lowest BCUT2D eigenvalue weighted by Gasteiger charge is -2.08. The van der Waals surface area contributed by atoms with E-state index in [0.717, 1.165) is 0 Å². The van der Waals surface area contributed by atoms with Gasteiger partial charge in [0, 0.05) is 0 Å². The van der Waals surface area contributed by atoms with Crippen LogP contribution in [0, 0.1) is 0 Å². The number of nitrogens with zero attached hydrogens (tertiary/aromatic N) is 3. The highest BCUT2D eigenvalue weighted by Crippen LogP contribution is 2.16. The molecule has 1 unspecified atom stereocenters. The normalized spacial score (nSPS) is 35.6. The van der Waals surface area contributed by atoms with Gasteiger partial charge in [0.05, 0.1) is 5.71 Å². The molecule has 0 saturated carbocycles. The summed E-state index contributed by atoms with van der Waals surface area (Å²) in [4.78, 5) is -0.944. The molecule has 1 aliphatic heterocycles. The smallest absolute Gasteiger partial charge is 0.215 e. The summed E-state index contributed by atoms with van der Waals surface area (Å²) in [5.74, 6) is 0. The summed E-state index contributed by atoms with van der Waals surface area (Å²) in [7, 11) is 0. The molecule has 0 fully saturated rings. The molecule has 8 heavy (non-hydrogen) atoms. The fourth-order valence-corrected chi connectivity index (χ4v) is 0.388. The molecule has 0 spiro atoms. The molecule has 5 heteroatoms. The van der Waals surface area contributed by atoms with E-state index in [4.69, 9.17) is 5.73 Å². The Bertz CT molecular complexity index is 159. The summed E-state index contributed by atoms with van der Waals surface area (Å²) in [5.41, 5.74) is 6.02.